The SMILES string of the molecule is COC(C)=C(C)C.COc1cc2c(cc1OC)[C@H]1CC(=O)[C@H](CC(C)C)CN1CC2. The topological polar surface area (TPSA) is 48.0 Å². The van der Waals surface area contributed by atoms with E-state index in [1.807, 2.05) is 20.8 Å². The molecule has 0 spiro atoms. The number of carbonyl (C=O) groups is 1. The highest BCUT2D eigenvalue weighted by molar-refractivity contribution is 5.83. The van der Waals surface area contributed by atoms with Crippen LogP contribution < -0.4 is 9.47 Å². The number of Topliss-reactive ketones (excluding diaryl/α,β-unsaturated/α-hetero) is 1. The molecule has 5 heteroatoms. The number of fused-ring (bicyclic) bond motifs is 3. The summed E-state index contributed by atoms with van der Waals surface area (Å²) in [4.78, 5) is 15.1. The highest BCUT2D eigenvalue weighted by Crippen LogP contribution is 2.42. The van der Waals surface area contributed by atoms with Crippen molar-refractivity contribution < 1.29 is 19.0 Å². The largest absolute Gasteiger partial charge is 0.501 e. The normalized spacial score (nSPS) is 20.5. The fourth-order valence-electron chi connectivity index (χ4n) is 4.26. The number of ketones is 1. The van der Waals surface area contributed by atoms with Crippen LogP contribution in [0.4, 0.5) is 0 Å². The quantitative estimate of drug-likeness (QED) is 0.618. The Morgan fingerprint density at radius 3 is 2.23 bits per heavy atom. The molecular weight excluding hydrogens is 378 g/mol. The molecule has 2 aliphatic rings. The molecule has 1 saturated heterocycles. The predicted octanol–water partition coefficient (Wildman–Crippen LogP) is 5.18. The van der Waals surface area contributed by atoms with E-state index in [9.17, 15) is 4.79 Å². The van der Waals surface area contributed by atoms with Gasteiger partial charge < -0.3 is 14.2 Å². The number of methoxy groups -OCH3 is 3. The van der Waals surface area contributed by atoms with Crippen LogP contribution in [0, 0.1) is 11.8 Å². The summed E-state index contributed by atoms with van der Waals surface area (Å²) >= 11 is 0. The molecule has 0 saturated carbocycles. The van der Waals surface area contributed by atoms with E-state index >= 15 is 0 Å². The van der Waals surface area contributed by atoms with Gasteiger partial charge in [0, 0.05) is 31.5 Å². The Morgan fingerprint density at radius 1 is 1.10 bits per heavy atom. The Morgan fingerprint density at radius 2 is 1.73 bits per heavy atom. The highest BCUT2D eigenvalue weighted by Gasteiger charge is 2.38. The molecular formula is C25H39NO4. The Hall–Kier alpha value is -2.01. The summed E-state index contributed by atoms with van der Waals surface area (Å²) in [7, 11) is 5.01. The molecule has 30 heavy (non-hydrogen) atoms. The second-order valence-corrected chi connectivity index (χ2v) is 8.92. The van der Waals surface area contributed by atoms with Crippen molar-refractivity contribution in [1.29, 1.82) is 0 Å². The third kappa shape index (κ3) is 5.78. The van der Waals surface area contributed by atoms with Gasteiger partial charge in [-0.05, 0) is 68.4 Å². The van der Waals surface area contributed by atoms with Gasteiger partial charge in [0.15, 0.2) is 11.5 Å². The lowest BCUT2D eigenvalue weighted by atomic mass is 9.80. The molecule has 5 nitrogen and oxygen atoms in total. The van der Waals surface area contributed by atoms with Gasteiger partial charge in [0.25, 0.3) is 0 Å². The van der Waals surface area contributed by atoms with Crippen molar-refractivity contribution in [3.63, 3.8) is 0 Å². The third-order valence-corrected chi connectivity index (χ3v) is 6.18. The van der Waals surface area contributed by atoms with E-state index in [0.29, 0.717) is 18.1 Å². The fraction of sp³-hybridized carbons (Fsp3) is 0.640. The molecule has 1 aromatic carbocycles. The van der Waals surface area contributed by atoms with Crippen molar-refractivity contribution in [2.75, 3.05) is 34.4 Å². The van der Waals surface area contributed by atoms with Gasteiger partial charge in [-0.1, -0.05) is 13.8 Å². The summed E-state index contributed by atoms with van der Waals surface area (Å²) in [6.45, 7) is 12.3. The Kier molecular flexibility index (Phi) is 8.78. The molecule has 2 heterocycles. The van der Waals surface area contributed by atoms with Gasteiger partial charge in [-0.2, -0.15) is 0 Å². The van der Waals surface area contributed by atoms with Gasteiger partial charge in [0.2, 0.25) is 0 Å². The first kappa shape index (κ1) is 24.3. The van der Waals surface area contributed by atoms with Gasteiger partial charge in [0.1, 0.15) is 5.78 Å². The van der Waals surface area contributed by atoms with Gasteiger partial charge in [-0.15, -0.1) is 0 Å². The van der Waals surface area contributed by atoms with Crippen molar-refractivity contribution >= 4 is 5.78 Å². The number of allylic oxidation sites excluding steroid dienone is 2. The van der Waals surface area contributed by atoms with Crippen LogP contribution in [0.15, 0.2) is 23.5 Å². The van der Waals surface area contributed by atoms with E-state index in [0.717, 1.165) is 43.2 Å². The predicted molar refractivity (Wildman–Crippen MR) is 121 cm³/mol. The van der Waals surface area contributed by atoms with Crippen LogP contribution in [-0.4, -0.2) is 45.1 Å². The molecule has 1 fully saturated rings. The van der Waals surface area contributed by atoms with Crippen molar-refractivity contribution in [3.8, 4) is 11.5 Å². The zero-order chi connectivity index (χ0) is 22.4. The van der Waals surface area contributed by atoms with Crippen molar-refractivity contribution in [2.45, 2.75) is 59.9 Å². The van der Waals surface area contributed by atoms with Gasteiger partial charge in [-0.3, -0.25) is 9.69 Å². The second kappa shape index (κ2) is 10.9. The first-order chi connectivity index (χ1) is 14.2. The summed E-state index contributed by atoms with van der Waals surface area (Å²) in [6.07, 6.45) is 2.63. The van der Waals surface area contributed by atoms with E-state index in [4.69, 9.17) is 14.2 Å². The van der Waals surface area contributed by atoms with Gasteiger partial charge in [-0.25, -0.2) is 0 Å². The first-order valence-corrected chi connectivity index (χ1v) is 10.9. The Labute approximate surface area is 182 Å². The van der Waals surface area contributed by atoms with E-state index < -0.39 is 0 Å². The van der Waals surface area contributed by atoms with Crippen molar-refractivity contribution in [3.05, 3.63) is 34.6 Å². The standard InChI is InChI=1S/C19H27NO3.C6H12O/c1-12(2)7-14-11-20-6-5-13-8-18(22-3)19(23-4)9-15(13)16(20)10-17(14)21;1-5(2)6(3)7-4/h8-9,12,14,16H,5-7,10-11H2,1-4H3;1-4H3/t14-,16-;/m1./s1. The molecule has 0 N–H and O–H groups in total. The molecule has 0 aromatic heterocycles. The minimum absolute atomic E-state index is 0.202. The Bertz CT molecular complexity index is 765. The molecule has 0 unspecified atom stereocenters. The summed E-state index contributed by atoms with van der Waals surface area (Å²) in [5.41, 5.74) is 3.77. The fourth-order valence-corrected chi connectivity index (χ4v) is 4.26. The van der Waals surface area contributed by atoms with Crippen molar-refractivity contribution in [1.82, 2.24) is 4.90 Å². The lowest BCUT2D eigenvalue weighted by Gasteiger charge is -2.43. The van der Waals surface area contributed by atoms with Crippen LogP contribution in [0.3, 0.4) is 0 Å². The first-order valence-electron chi connectivity index (χ1n) is 10.9. The molecule has 0 radical (unpaired) electrons. The van der Waals surface area contributed by atoms with Crippen LogP contribution in [-0.2, 0) is 16.0 Å². The maximum absolute atomic E-state index is 12.6. The zero-order valence-electron chi connectivity index (χ0n) is 20.0. The molecule has 1 aromatic rings. The average molecular weight is 418 g/mol. The van der Waals surface area contributed by atoms with Crippen LogP contribution >= 0.6 is 0 Å². The van der Waals surface area contributed by atoms with E-state index in [2.05, 4.69) is 30.9 Å². The number of piperidine rings is 1. The third-order valence-electron chi connectivity index (χ3n) is 6.18. The number of rotatable bonds is 5. The van der Waals surface area contributed by atoms with E-state index in [-0.39, 0.29) is 12.0 Å². The van der Waals surface area contributed by atoms with E-state index in [1.54, 1.807) is 21.3 Å². The van der Waals surface area contributed by atoms with E-state index in [1.165, 1.54) is 16.7 Å². The maximum Gasteiger partial charge on any atom is 0.161 e. The smallest absolute Gasteiger partial charge is 0.161 e. The summed E-state index contributed by atoms with van der Waals surface area (Å²) in [6, 6.07) is 4.35. The minimum atomic E-state index is 0.202. The van der Waals surface area contributed by atoms with Crippen LogP contribution in [0.1, 0.15) is 64.6 Å². The maximum atomic E-state index is 12.6. The average Bonchev–Trinajstić information content (AvgIpc) is 2.72. The number of hydrogen-bond donors (Lipinski definition) is 0. The monoisotopic (exact) mass is 417 g/mol. The molecule has 2 aliphatic heterocycles. The summed E-state index contributed by atoms with van der Waals surface area (Å²) in [5.74, 6) is 3.74. The van der Waals surface area contributed by atoms with Crippen LogP contribution in [0.5, 0.6) is 11.5 Å². The number of ether oxygens (including phenoxy) is 3. The lowest BCUT2D eigenvalue weighted by molar-refractivity contribution is -0.129. The molecule has 0 aliphatic carbocycles. The van der Waals surface area contributed by atoms with Crippen LogP contribution in [0.25, 0.3) is 0 Å². The molecule has 168 valence electrons. The number of hydrogen-bond acceptors (Lipinski definition) is 5. The van der Waals surface area contributed by atoms with Crippen molar-refractivity contribution in [2.24, 2.45) is 11.8 Å². The van der Waals surface area contributed by atoms with Crippen LogP contribution in [0.2, 0.25) is 0 Å². The second-order valence-electron chi connectivity index (χ2n) is 8.92. The summed E-state index contributed by atoms with van der Waals surface area (Å²) < 4.78 is 15.8. The molecule has 0 amide bonds. The Balaban J connectivity index is 0.000000396. The molecule has 3 rings (SSSR count). The highest BCUT2D eigenvalue weighted by atomic mass is 16.5. The number of carbonyl (C=O) groups excluding carboxylic acids is 1. The molecule has 0 bridgehead atoms. The number of benzene rings is 1. The number of nitrogens with zero attached hydrogens (tertiary/aromatic N) is 1. The zero-order valence-corrected chi connectivity index (χ0v) is 20.0. The lowest BCUT2D eigenvalue weighted by Crippen LogP contribution is -2.46. The van der Waals surface area contributed by atoms with Gasteiger partial charge >= 0.3 is 0 Å². The summed E-state index contributed by atoms with van der Waals surface area (Å²) in [5, 5.41) is 0. The molecule has 2 atom stereocenters. The minimum Gasteiger partial charge on any atom is -0.501 e. The van der Waals surface area contributed by atoms with Gasteiger partial charge in [0.05, 0.1) is 27.1 Å².